The molecule has 0 atom stereocenters. The summed E-state index contributed by atoms with van der Waals surface area (Å²) < 4.78 is 5.21. The summed E-state index contributed by atoms with van der Waals surface area (Å²) in [6.45, 7) is 4.29. The van der Waals surface area contributed by atoms with E-state index in [2.05, 4.69) is 29.4 Å². The SMILES string of the molecule is Cc1noc(C)c1CN(C)C(=O)CC(c1ccccc1)c1ccccc1. The molecule has 1 aromatic heterocycles. The standard InChI is InChI=1S/C22H24N2O2/c1-16-21(17(2)26-23-16)15-24(3)22(25)14-20(18-10-6-4-7-11-18)19-12-8-5-9-13-19/h4-13,20H,14-15H2,1-3H3. The van der Waals surface area contributed by atoms with Gasteiger partial charge in [0.25, 0.3) is 0 Å². The predicted octanol–water partition coefficient (Wildman–Crippen LogP) is 4.47. The molecule has 0 spiro atoms. The van der Waals surface area contributed by atoms with Gasteiger partial charge < -0.3 is 9.42 Å². The molecule has 0 saturated heterocycles. The van der Waals surface area contributed by atoms with Crippen molar-refractivity contribution < 1.29 is 9.32 Å². The average molecular weight is 348 g/mol. The highest BCUT2D eigenvalue weighted by molar-refractivity contribution is 5.77. The summed E-state index contributed by atoms with van der Waals surface area (Å²) in [6.07, 6.45) is 0.425. The van der Waals surface area contributed by atoms with Crippen LogP contribution in [0.5, 0.6) is 0 Å². The quantitative estimate of drug-likeness (QED) is 0.660. The number of hydrogen-bond acceptors (Lipinski definition) is 3. The Bertz CT molecular complexity index is 797. The fourth-order valence-corrected chi connectivity index (χ4v) is 3.18. The molecule has 0 aliphatic rings. The second-order valence-corrected chi connectivity index (χ2v) is 6.63. The number of hydrogen-bond donors (Lipinski definition) is 0. The summed E-state index contributed by atoms with van der Waals surface area (Å²) >= 11 is 0. The van der Waals surface area contributed by atoms with E-state index in [0.717, 1.165) is 28.1 Å². The van der Waals surface area contributed by atoms with Crippen molar-refractivity contribution in [2.75, 3.05) is 7.05 Å². The van der Waals surface area contributed by atoms with Gasteiger partial charge in [0, 0.05) is 24.9 Å². The molecule has 3 aromatic rings. The van der Waals surface area contributed by atoms with Crippen LogP contribution < -0.4 is 0 Å². The number of aromatic nitrogens is 1. The van der Waals surface area contributed by atoms with Gasteiger partial charge in [0.1, 0.15) is 5.76 Å². The molecule has 4 heteroatoms. The second kappa shape index (κ2) is 8.00. The molecule has 0 bridgehead atoms. The highest BCUT2D eigenvalue weighted by Crippen LogP contribution is 2.28. The van der Waals surface area contributed by atoms with E-state index in [1.807, 2.05) is 57.3 Å². The molecule has 0 aliphatic carbocycles. The third kappa shape index (κ3) is 4.02. The van der Waals surface area contributed by atoms with E-state index in [9.17, 15) is 4.79 Å². The number of amides is 1. The number of carbonyl (C=O) groups is 1. The monoisotopic (exact) mass is 348 g/mol. The van der Waals surface area contributed by atoms with Gasteiger partial charge in [0.15, 0.2) is 0 Å². The Morgan fingerprint density at radius 2 is 1.54 bits per heavy atom. The molecule has 0 fully saturated rings. The van der Waals surface area contributed by atoms with Crippen molar-refractivity contribution in [1.82, 2.24) is 10.1 Å². The van der Waals surface area contributed by atoms with Crippen molar-refractivity contribution in [3.05, 3.63) is 88.8 Å². The van der Waals surface area contributed by atoms with E-state index in [4.69, 9.17) is 4.52 Å². The van der Waals surface area contributed by atoms with E-state index in [-0.39, 0.29) is 11.8 Å². The lowest BCUT2D eigenvalue weighted by Gasteiger charge is -2.22. The smallest absolute Gasteiger partial charge is 0.223 e. The first-order chi connectivity index (χ1) is 12.6. The molecule has 0 aliphatic heterocycles. The Morgan fingerprint density at radius 1 is 1.00 bits per heavy atom. The first-order valence-corrected chi connectivity index (χ1v) is 8.82. The van der Waals surface area contributed by atoms with Crippen molar-refractivity contribution >= 4 is 5.91 Å². The molecule has 4 nitrogen and oxygen atoms in total. The summed E-state index contributed by atoms with van der Waals surface area (Å²) in [5.74, 6) is 0.907. The largest absolute Gasteiger partial charge is 0.361 e. The van der Waals surface area contributed by atoms with Gasteiger partial charge in [0.05, 0.1) is 12.2 Å². The third-order valence-electron chi connectivity index (χ3n) is 4.78. The van der Waals surface area contributed by atoms with Crippen LogP contribution in [0, 0.1) is 13.8 Å². The molecule has 0 N–H and O–H groups in total. The summed E-state index contributed by atoms with van der Waals surface area (Å²) in [4.78, 5) is 14.7. The molecular weight excluding hydrogens is 324 g/mol. The predicted molar refractivity (Wildman–Crippen MR) is 102 cm³/mol. The number of rotatable bonds is 6. The van der Waals surface area contributed by atoms with Gasteiger partial charge in [-0.05, 0) is 25.0 Å². The fraction of sp³-hybridized carbons (Fsp3) is 0.273. The van der Waals surface area contributed by atoms with Crippen molar-refractivity contribution in [2.45, 2.75) is 32.7 Å². The molecule has 134 valence electrons. The maximum atomic E-state index is 12.9. The van der Waals surface area contributed by atoms with Crippen LogP contribution in [-0.2, 0) is 11.3 Å². The van der Waals surface area contributed by atoms with Crippen molar-refractivity contribution in [3.63, 3.8) is 0 Å². The number of carbonyl (C=O) groups excluding carboxylic acids is 1. The van der Waals surface area contributed by atoms with E-state index >= 15 is 0 Å². The molecule has 0 radical (unpaired) electrons. The molecular formula is C22H24N2O2. The van der Waals surface area contributed by atoms with Crippen molar-refractivity contribution in [2.24, 2.45) is 0 Å². The first-order valence-electron chi connectivity index (χ1n) is 8.82. The van der Waals surface area contributed by atoms with Crippen molar-refractivity contribution in [1.29, 1.82) is 0 Å². The Hall–Kier alpha value is -2.88. The maximum absolute atomic E-state index is 12.9. The lowest BCUT2D eigenvalue weighted by molar-refractivity contribution is -0.130. The van der Waals surface area contributed by atoms with Crippen LogP contribution in [0.4, 0.5) is 0 Å². The minimum absolute atomic E-state index is 0.0389. The summed E-state index contributed by atoms with van der Waals surface area (Å²) in [6, 6.07) is 20.4. The molecule has 2 aromatic carbocycles. The zero-order valence-corrected chi connectivity index (χ0v) is 15.5. The van der Waals surface area contributed by atoms with Gasteiger partial charge >= 0.3 is 0 Å². The topological polar surface area (TPSA) is 46.3 Å². The second-order valence-electron chi connectivity index (χ2n) is 6.63. The van der Waals surface area contributed by atoms with Gasteiger partial charge in [-0.2, -0.15) is 0 Å². The molecule has 1 heterocycles. The molecule has 0 unspecified atom stereocenters. The fourth-order valence-electron chi connectivity index (χ4n) is 3.18. The lowest BCUT2D eigenvalue weighted by Crippen LogP contribution is -2.28. The van der Waals surface area contributed by atoms with Gasteiger partial charge in [0.2, 0.25) is 5.91 Å². The Kier molecular flexibility index (Phi) is 5.52. The lowest BCUT2D eigenvalue weighted by atomic mass is 9.88. The first kappa shape index (κ1) is 17.9. The van der Waals surface area contributed by atoms with Crippen LogP contribution in [0.2, 0.25) is 0 Å². The van der Waals surface area contributed by atoms with Crippen LogP contribution >= 0.6 is 0 Å². The zero-order valence-electron chi connectivity index (χ0n) is 15.5. The minimum Gasteiger partial charge on any atom is -0.361 e. The third-order valence-corrected chi connectivity index (χ3v) is 4.78. The van der Waals surface area contributed by atoms with E-state index < -0.39 is 0 Å². The summed E-state index contributed by atoms with van der Waals surface area (Å²) in [5.41, 5.74) is 4.12. The highest BCUT2D eigenvalue weighted by Gasteiger charge is 2.22. The maximum Gasteiger partial charge on any atom is 0.223 e. The molecule has 26 heavy (non-hydrogen) atoms. The van der Waals surface area contributed by atoms with E-state index in [1.165, 1.54) is 0 Å². The van der Waals surface area contributed by atoms with E-state index in [1.54, 1.807) is 4.90 Å². The normalized spacial score (nSPS) is 10.9. The van der Waals surface area contributed by atoms with Crippen LogP contribution in [0.1, 0.15) is 40.5 Å². The molecule has 3 rings (SSSR count). The van der Waals surface area contributed by atoms with Gasteiger partial charge in [-0.25, -0.2) is 0 Å². The van der Waals surface area contributed by atoms with Crippen LogP contribution in [0.3, 0.4) is 0 Å². The number of aryl methyl sites for hydroxylation is 2. The highest BCUT2D eigenvalue weighted by atomic mass is 16.5. The Balaban J connectivity index is 1.79. The van der Waals surface area contributed by atoms with Crippen molar-refractivity contribution in [3.8, 4) is 0 Å². The summed E-state index contributed by atoms with van der Waals surface area (Å²) in [7, 11) is 1.83. The Morgan fingerprint density at radius 3 is 2.00 bits per heavy atom. The average Bonchev–Trinajstić information content (AvgIpc) is 2.99. The molecule has 0 saturated carbocycles. The van der Waals surface area contributed by atoms with Gasteiger partial charge in [-0.1, -0.05) is 65.8 Å². The molecule has 1 amide bonds. The summed E-state index contributed by atoms with van der Waals surface area (Å²) in [5, 5.41) is 3.97. The number of benzene rings is 2. The van der Waals surface area contributed by atoms with Gasteiger partial charge in [-0.15, -0.1) is 0 Å². The number of nitrogens with zero attached hydrogens (tertiary/aromatic N) is 2. The van der Waals surface area contributed by atoms with Crippen LogP contribution in [0.15, 0.2) is 65.2 Å². The minimum atomic E-state index is 0.0389. The Labute approximate surface area is 154 Å². The zero-order chi connectivity index (χ0) is 18.5. The van der Waals surface area contributed by atoms with Gasteiger partial charge in [-0.3, -0.25) is 4.79 Å². The van der Waals surface area contributed by atoms with Crippen LogP contribution in [0.25, 0.3) is 0 Å². The van der Waals surface area contributed by atoms with E-state index in [0.29, 0.717) is 13.0 Å². The van der Waals surface area contributed by atoms with Crippen LogP contribution in [-0.4, -0.2) is 23.0 Å².